The molecule has 4 heteroatoms. The summed E-state index contributed by atoms with van der Waals surface area (Å²) in [7, 11) is 2.19. The lowest BCUT2D eigenvalue weighted by Crippen LogP contribution is -2.33. The van der Waals surface area contributed by atoms with Gasteiger partial charge in [-0.05, 0) is 50.0 Å². The van der Waals surface area contributed by atoms with Crippen LogP contribution in [0, 0.1) is 0 Å². The molecule has 3 nitrogen and oxygen atoms in total. The van der Waals surface area contributed by atoms with Crippen molar-refractivity contribution in [2.24, 2.45) is 0 Å². The van der Waals surface area contributed by atoms with Gasteiger partial charge in [0.2, 0.25) is 0 Å². The average molecular weight is 261 g/mol. The minimum Gasteiger partial charge on any atom is -0.306 e. The van der Waals surface area contributed by atoms with Crippen molar-refractivity contribution in [1.29, 1.82) is 0 Å². The van der Waals surface area contributed by atoms with Crippen LogP contribution in [0.25, 0.3) is 10.2 Å². The van der Waals surface area contributed by atoms with Gasteiger partial charge in [-0.15, -0.1) is 11.3 Å². The topological polar surface area (TPSA) is 28.2 Å². The van der Waals surface area contributed by atoms with Crippen molar-refractivity contribution in [2.75, 3.05) is 20.1 Å². The quantitative estimate of drug-likeness (QED) is 0.920. The molecule has 1 N–H and O–H groups in total. The van der Waals surface area contributed by atoms with Gasteiger partial charge < -0.3 is 10.2 Å². The number of nitrogens with one attached hydrogen (secondary N) is 1. The Bertz CT molecular complexity index is 537. The minimum absolute atomic E-state index is 0.375. The monoisotopic (exact) mass is 261 g/mol. The van der Waals surface area contributed by atoms with Crippen LogP contribution in [0.5, 0.6) is 0 Å². The van der Waals surface area contributed by atoms with Crippen molar-refractivity contribution < 1.29 is 0 Å². The van der Waals surface area contributed by atoms with E-state index in [4.69, 9.17) is 0 Å². The molecule has 1 saturated heterocycles. The largest absolute Gasteiger partial charge is 0.306 e. The summed E-state index contributed by atoms with van der Waals surface area (Å²) in [5, 5.41) is 5.81. The van der Waals surface area contributed by atoms with Crippen molar-refractivity contribution >= 4 is 21.6 Å². The predicted octanol–water partition coefficient (Wildman–Crippen LogP) is 2.65. The maximum atomic E-state index is 4.51. The summed E-state index contributed by atoms with van der Waals surface area (Å²) < 4.78 is 1.28. The van der Waals surface area contributed by atoms with E-state index in [1.54, 1.807) is 11.3 Å². The van der Waals surface area contributed by atoms with Crippen LogP contribution in [-0.4, -0.2) is 36.1 Å². The van der Waals surface area contributed by atoms with E-state index in [0.29, 0.717) is 12.1 Å². The van der Waals surface area contributed by atoms with Crippen molar-refractivity contribution in [1.82, 2.24) is 15.2 Å². The fourth-order valence-electron chi connectivity index (χ4n) is 2.62. The molecule has 1 fully saturated rings. The highest BCUT2D eigenvalue weighted by Crippen LogP contribution is 2.23. The van der Waals surface area contributed by atoms with Gasteiger partial charge in [0.15, 0.2) is 0 Å². The number of rotatable bonds is 3. The molecular formula is C14H19N3S. The Morgan fingerprint density at radius 3 is 3.22 bits per heavy atom. The number of hydrogen-bond acceptors (Lipinski definition) is 4. The number of nitrogens with zero attached hydrogens (tertiary/aromatic N) is 2. The molecule has 3 rings (SSSR count). The lowest BCUT2D eigenvalue weighted by atomic mass is 10.1. The highest BCUT2D eigenvalue weighted by molar-refractivity contribution is 7.17. The number of likely N-dealkylation sites (tertiary alicyclic amines) is 1. The number of aromatic nitrogens is 1. The van der Waals surface area contributed by atoms with Crippen LogP contribution in [0.1, 0.15) is 24.9 Å². The van der Waals surface area contributed by atoms with Gasteiger partial charge in [-0.2, -0.15) is 0 Å². The number of likely N-dealkylation sites (N-methyl/N-ethyl adjacent to an activating group) is 1. The Kier molecular flexibility index (Phi) is 3.33. The van der Waals surface area contributed by atoms with Crippen LogP contribution in [0.15, 0.2) is 23.7 Å². The second-order valence-electron chi connectivity index (χ2n) is 5.21. The van der Waals surface area contributed by atoms with Crippen LogP contribution in [0.3, 0.4) is 0 Å². The molecule has 2 unspecified atom stereocenters. The minimum atomic E-state index is 0.375. The zero-order chi connectivity index (χ0) is 12.5. The van der Waals surface area contributed by atoms with Crippen LogP contribution in [0.2, 0.25) is 0 Å². The van der Waals surface area contributed by atoms with Crippen LogP contribution < -0.4 is 5.32 Å². The summed E-state index contributed by atoms with van der Waals surface area (Å²) >= 11 is 1.76. The Morgan fingerprint density at radius 1 is 1.56 bits per heavy atom. The molecule has 3 heterocycles. The highest BCUT2D eigenvalue weighted by Gasteiger charge is 2.21. The van der Waals surface area contributed by atoms with Gasteiger partial charge in [-0.25, -0.2) is 0 Å². The fraction of sp³-hybridized carbons (Fsp3) is 0.500. The third-order valence-corrected chi connectivity index (χ3v) is 4.55. The first-order valence-electron chi connectivity index (χ1n) is 6.50. The van der Waals surface area contributed by atoms with Crippen LogP contribution in [0.4, 0.5) is 0 Å². The molecule has 18 heavy (non-hydrogen) atoms. The van der Waals surface area contributed by atoms with Gasteiger partial charge in [0, 0.05) is 24.8 Å². The van der Waals surface area contributed by atoms with E-state index in [9.17, 15) is 0 Å². The van der Waals surface area contributed by atoms with E-state index in [1.807, 2.05) is 6.20 Å². The molecule has 0 aromatic carbocycles. The zero-order valence-corrected chi connectivity index (χ0v) is 11.7. The first-order valence-corrected chi connectivity index (χ1v) is 7.38. The Labute approximate surface area is 112 Å². The molecule has 1 aliphatic heterocycles. The SMILES string of the molecule is CC(NC1CCN(C)C1)c1cnc2ccsc2c1. The lowest BCUT2D eigenvalue weighted by Gasteiger charge is -2.19. The first kappa shape index (κ1) is 12.1. The molecule has 2 aromatic heterocycles. The third kappa shape index (κ3) is 2.41. The third-order valence-electron chi connectivity index (χ3n) is 3.70. The molecule has 0 spiro atoms. The van der Waals surface area contributed by atoms with Crippen LogP contribution in [-0.2, 0) is 0 Å². The second kappa shape index (κ2) is 4.96. The summed E-state index contributed by atoms with van der Waals surface area (Å²) in [6.07, 6.45) is 3.25. The summed E-state index contributed by atoms with van der Waals surface area (Å²) in [5.74, 6) is 0. The van der Waals surface area contributed by atoms with Crippen molar-refractivity contribution in [3.63, 3.8) is 0 Å². The summed E-state index contributed by atoms with van der Waals surface area (Å²) in [5.41, 5.74) is 2.40. The average Bonchev–Trinajstić information content (AvgIpc) is 2.96. The van der Waals surface area contributed by atoms with E-state index in [-0.39, 0.29) is 0 Å². The Morgan fingerprint density at radius 2 is 2.44 bits per heavy atom. The van der Waals surface area contributed by atoms with E-state index in [2.05, 4.69) is 46.7 Å². The molecule has 0 bridgehead atoms. The van der Waals surface area contributed by atoms with Gasteiger partial charge in [0.05, 0.1) is 10.2 Å². The summed E-state index contributed by atoms with van der Waals surface area (Å²) in [4.78, 5) is 6.89. The number of hydrogen-bond donors (Lipinski definition) is 1. The smallest absolute Gasteiger partial charge is 0.0809 e. The van der Waals surface area contributed by atoms with E-state index in [1.165, 1.54) is 23.2 Å². The molecule has 96 valence electrons. The molecule has 0 aliphatic carbocycles. The van der Waals surface area contributed by atoms with Crippen LogP contribution >= 0.6 is 11.3 Å². The maximum absolute atomic E-state index is 4.51. The predicted molar refractivity (Wildman–Crippen MR) is 77.1 cm³/mol. The lowest BCUT2D eigenvalue weighted by molar-refractivity contribution is 0.387. The Hall–Kier alpha value is -0.970. The normalized spacial score (nSPS) is 22.7. The summed E-state index contributed by atoms with van der Waals surface area (Å²) in [6.45, 7) is 4.58. The molecule has 1 aliphatic rings. The van der Waals surface area contributed by atoms with E-state index in [0.717, 1.165) is 12.1 Å². The first-order chi connectivity index (χ1) is 8.72. The highest BCUT2D eigenvalue weighted by atomic mass is 32.1. The number of pyridine rings is 1. The van der Waals surface area contributed by atoms with E-state index >= 15 is 0 Å². The van der Waals surface area contributed by atoms with Gasteiger partial charge in [-0.3, -0.25) is 4.98 Å². The molecule has 2 atom stereocenters. The van der Waals surface area contributed by atoms with Gasteiger partial charge in [0.25, 0.3) is 0 Å². The second-order valence-corrected chi connectivity index (χ2v) is 6.16. The fourth-order valence-corrected chi connectivity index (χ4v) is 3.41. The molecule has 0 saturated carbocycles. The number of thiophene rings is 1. The standard InChI is InChI=1S/C14H19N3S/c1-10(16-12-3-5-17(2)9-12)11-7-14-13(15-8-11)4-6-18-14/h4,6-8,10,12,16H,3,5,9H2,1-2H3. The maximum Gasteiger partial charge on any atom is 0.0809 e. The van der Waals surface area contributed by atoms with Gasteiger partial charge in [0.1, 0.15) is 0 Å². The van der Waals surface area contributed by atoms with Gasteiger partial charge >= 0.3 is 0 Å². The Balaban J connectivity index is 1.72. The summed E-state index contributed by atoms with van der Waals surface area (Å²) in [6, 6.07) is 5.33. The van der Waals surface area contributed by atoms with Crippen molar-refractivity contribution in [2.45, 2.75) is 25.4 Å². The molecule has 2 aromatic rings. The molecule has 0 amide bonds. The van der Waals surface area contributed by atoms with E-state index < -0.39 is 0 Å². The molecular weight excluding hydrogens is 242 g/mol. The van der Waals surface area contributed by atoms with Crippen molar-refractivity contribution in [3.8, 4) is 0 Å². The van der Waals surface area contributed by atoms with Gasteiger partial charge in [-0.1, -0.05) is 0 Å². The van der Waals surface area contributed by atoms with Crippen molar-refractivity contribution in [3.05, 3.63) is 29.3 Å². The molecule has 0 radical (unpaired) electrons. The number of fused-ring (bicyclic) bond motifs is 1. The zero-order valence-electron chi connectivity index (χ0n) is 10.9.